The first-order valence-corrected chi connectivity index (χ1v) is 8.49. The van der Waals surface area contributed by atoms with Gasteiger partial charge in [-0.2, -0.15) is 0 Å². The fourth-order valence-electron chi connectivity index (χ4n) is 3.39. The Morgan fingerprint density at radius 3 is 2.38 bits per heavy atom. The molecule has 2 fully saturated rings. The van der Waals surface area contributed by atoms with Crippen LogP contribution in [0.2, 0.25) is 0 Å². The van der Waals surface area contributed by atoms with Crippen LogP contribution in [0.5, 0.6) is 0 Å². The van der Waals surface area contributed by atoms with Crippen molar-refractivity contribution >= 4 is 11.8 Å². The molecule has 2 amide bonds. The van der Waals surface area contributed by atoms with Crippen molar-refractivity contribution in [3.63, 3.8) is 0 Å². The molecule has 0 aromatic carbocycles. The summed E-state index contributed by atoms with van der Waals surface area (Å²) in [4.78, 5) is 34.2. The van der Waals surface area contributed by atoms with E-state index >= 15 is 0 Å². The maximum absolute atomic E-state index is 13.7. The molecule has 0 unspecified atom stereocenters. The van der Waals surface area contributed by atoms with E-state index in [0.29, 0.717) is 26.2 Å². The molecule has 3 heterocycles. The normalized spacial score (nSPS) is 20.2. The Kier molecular flexibility index (Phi) is 5.08. The maximum Gasteiger partial charge on any atom is 0.257 e. The standard InChI is InChI=1S/C17H23FN4O2/c1-13(16(23)21-6-2-3-7-21)20-8-10-22(11-9-20)17(24)14-4-5-19-12-15(14)18/h4-5,12-13H,2-3,6-11H2,1H3/t13-/m1/s1. The van der Waals surface area contributed by atoms with Gasteiger partial charge in [0.05, 0.1) is 17.8 Å². The zero-order chi connectivity index (χ0) is 17.1. The quantitative estimate of drug-likeness (QED) is 0.827. The van der Waals surface area contributed by atoms with Crippen molar-refractivity contribution in [2.45, 2.75) is 25.8 Å². The fraction of sp³-hybridized carbons (Fsp3) is 0.588. The summed E-state index contributed by atoms with van der Waals surface area (Å²) in [5.41, 5.74) is 0.0552. The highest BCUT2D eigenvalue weighted by atomic mass is 19.1. The summed E-state index contributed by atoms with van der Waals surface area (Å²) < 4.78 is 13.7. The molecule has 0 radical (unpaired) electrons. The fourth-order valence-corrected chi connectivity index (χ4v) is 3.39. The van der Waals surface area contributed by atoms with Crippen molar-refractivity contribution in [3.8, 4) is 0 Å². The lowest BCUT2D eigenvalue weighted by atomic mass is 10.1. The van der Waals surface area contributed by atoms with E-state index in [1.807, 2.05) is 11.8 Å². The first-order chi connectivity index (χ1) is 11.6. The third kappa shape index (κ3) is 3.40. The molecule has 1 aromatic rings. The molecule has 0 bridgehead atoms. The molecule has 0 spiro atoms. The molecule has 1 aromatic heterocycles. The van der Waals surface area contributed by atoms with Crippen LogP contribution < -0.4 is 0 Å². The van der Waals surface area contributed by atoms with Gasteiger partial charge in [-0.25, -0.2) is 4.39 Å². The zero-order valence-electron chi connectivity index (χ0n) is 13.9. The highest BCUT2D eigenvalue weighted by Gasteiger charge is 2.31. The third-order valence-corrected chi connectivity index (χ3v) is 4.93. The van der Waals surface area contributed by atoms with Crippen molar-refractivity contribution in [1.82, 2.24) is 19.7 Å². The number of nitrogens with zero attached hydrogens (tertiary/aromatic N) is 4. The average molecular weight is 334 g/mol. The van der Waals surface area contributed by atoms with E-state index in [1.54, 1.807) is 4.90 Å². The molecular formula is C17H23FN4O2. The molecule has 2 aliphatic rings. The monoisotopic (exact) mass is 334 g/mol. The van der Waals surface area contributed by atoms with E-state index in [0.717, 1.165) is 32.1 Å². The number of carbonyl (C=O) groups is 2. The zero-order valence-corrected chi connectivity index (χ0v) is 13.9. The summed E-state index contributed by atoms with van der Waals surface area (Å²) in [7, 11) is 0. The molecular weight excluding hydrogens is 311 g/mol. The van der Waals surface area contributed by atoms with Crippen molar-refractivity contribution in [2.75, 3.05) is 39.3 Å². The van der Waals surface area contributed by atoms with Gasteiger partial charge in [0, 0.05) is 45.5 Å². The molecule has 2 aliphatic heterocycles. The number of piperazine rings is 1. The number of carbonyl (C=O) groups excluding carboxylic acids is 2. The van der Waals surface area contributed by atoms with Crippen LogP contribution in [0.1, 0.15) is 30.1 Å². The predicted octanol–water partition coefficient (Wildman–Crippen LogP) is 0.989. The number of likely N-dealkylation sites (tertiary alicyclic amines) is 1. The molecule has 1 atom stereocenters. The van der Waals surface area contributed by atoms with Gasteiger partial charge in [0.2, 0.25) is 5.91 Å². The van der Waals surface area contributed by atoms with E-state index in [9.17, 15) is 14.0 Å². The minimum absolute atomic E-state index is 0.0552. The number of pyridine rings is 1. The number of aromatic nitrogens is 1. The Morgan fingerprint density at radius 1 is 1.08 bits per heavy atom. The molecule has 24 heavy (non-hydrogen) atoms. The molecule has 3 rings (SSSR count). The summed E-state index contributed by atoms with van der Waals surface area (Å²) in [6.07, 6.45) is 4.64. The number of halogens is 1. The van der Waals surface area contributed by atoms with E-state index in [4.69, 9.17) is 0 Å². The van der Waals surface area contributed by atoms with Gasteiger partial charge >= 0.3 is 0 Å². The lowest BCUT2D eigenvalue weighted by Gasteiger charge is -2.38. The summed E-state index contributed by atoms with van der Waals surface area (Å²) in [5, 5.41) is 0. The van der Waals surface area contributed by atoms with Gasteiger partial charge in [-0.15, -0.1) is 0 Å². The Balaban J connectivity index is 1.56. The second-order valence-corrected chi connectivity index (χ2v) is 6.39. The Bertz CT molecular complexity index is 610. The number of hydrogen-bond donors (Lipinski definition) is 0. The Hall–Kier alpha value is -2.02. The van der Waals surface area contributed by atoms with Crippen molar-refractivity contribution < 1.29 is 14.0 Å². The molecule has 130 valence electrons. The highest BCUT2D eigenvalue weighted by molar-refractivity contribution is 5.94. The van der Waals surface area contributed by atoms with Crippen molar-refractivity contribution in [1.29, 1.82) is 0 Å². The summed E-state index contributed by atoms with van der Waals surface area (Å²) in [6, 6.07) is 1.24. The number of rotatable bonds is 3. The molecule has 0 aliphatic carbocycles. The minimum Gasteiger partial charge on any atom is -0.341 e. The van der Waals surface area contributed by atoms with Crippen molar-refractivity contribution in [3.05, 3.63) is 29.8 Å². The van der Waals surface area contributed by atoms with Crippen molar-refractivity contribution in [2.24, 2.45) is 0 Å². The predicted molar refractivity (Wildman–Crippen MR) is 86.9 cm³/mol. The molecule has 7 heteroatoms. The second kappa shape index (κ2) is 7.25. The van der Waals surface area contributed by atoms with Crippen LogP contribution in [-0.2, 0) is 4.79 Å². The summed E-state index contributed by atoms with van der Waals surface area (Å²) >= 11 is 0. The second-order valence-electron chi connectivity index (χ2n) is 6.39. The van der Waals surface area contributed by atoms with E-state index in [1.165, 1.54) is 12.3 Å². The number of hydrogen-bond acceptors (Lipinski definition) is 4. The molecule has 0 N–H and O–H groups in total. The van der Waals surface area contributed by atoms with Crippen LogP contribution in [0.4, 0.5) is 4.39 Å². The van der Waals surface area contributed by atoms with Gasteiger partial charge in [-0.1, -0.05) is 0 Å². The van der Waals surface area contributed by atoms with Gasteiger partial charge in [0.25, 0.3) is 5.91 Å². The van der Waals surface area contributed by atoms with Crippen LogP contribution >= 0.6 is 0 Å². The van der Waals surface area contributed by atoms with Gasteiger partial charge < -0.3 is 9.80 Å². The first kappa shape index (κ1) is 16.8. The summed E-state index contributed by atoms with van der Waals surface area (Å²) in [5.74, 6) is -0.733. The van der Waals surface area contributed by atoms with Crippen LogP contribution in [0.3, 0.4) is 0 Å². The van der Waals surface area contributed by atoms with Crippen LogP contribution in [0.25, 0.3) is 0 Å². The van der Waals surface area contributed by atoms with Crippen LogP contribution in [0, 0.1) is 5.82 Å². The molecule has 2 saturated heterocycles. The molecule has 6 nitrogen and oxygen atoms in total. The minimum atomic E-state index is -0.595. The Morgan fingerprint density at radius 2 is 1.75 bits per heavy atom. The maximum atomic E-state index is 13.7. The lowest BCUT2D eigenvalue weighted by Crippen LogP contribution is -2.55. The van der Waals surface area contributed by atoms with Gasteiger partial charge in [0.15, 0.2) is 5.82 Å². The van der Waals surface area contributed by atoms with Gasteiger partial charge in [-0.05, 0) is 25.8 Å². The lowest BCUT2D eigenvalue weighted by molar-refractivity contribution is -0.135. The average Bonchev–Trinajstić information content (AvgIpc) is 3.15. The van der Waals surface area contributed by atoms with E-state index in [-0.39, 0.29) is 23.4 Å². The van der Waals surface area contributed by atoms with Crippen LogP contribution in [0.15, 0.2) is 18.5 Å². The largest absolute Gasteiger partial charge is 0.341 e. The van der Waals surface area contributed by atoms with E-state index in [2.05, 4.69) is 9.88 Å². The third-order valence-electron chi connectivity index (χ3n) is 4.93. The van der Waals surface area contributed by atoms with Gasteiger partial charge in [0.1, 0.15) is 0 Å². The van der Waals surface area contributed by atoms with Gasteiger partial charge in [-0.3, -0.25) is 19.5 Å². The first-order valence-electron chi connectivity index (χ1n) is 8.49. The number of amides is 2. The summed E-state index contributed by atoms with van der Waals surface area (Å²) in [6.45, 7) is 5.88. The van der Waals surface area contributed by atoms with Crippen LogP contribution in [-0.4, -0.2) is 76.8 Å². The SMILES string of the molecule is C[C@H](C(=O)N1CCCC1)N1CCN(C(=O)c2ccncc2F)CC1. The van der Waals surface area contributed by atoms with E-state index < -0.39 is 5.82 Å². The Labute approximate surface area is 141 Å². The topological polar surface area (TPSA) is 56.8 Å². The molecule has 0 saturated carbocycles. The smallest absolute Gasteiger partial charge is 0.257 e. The highest BCUT2D eigenvalue weighted by Crippen LogP contribution is 2.16.